The predicted octanol–water partition coefficient (Wildman–Crippen LogP) is 10.7. The van der Waals surface area contributed by atoms with Gasteiger partial charge in [0.2, 0.25) is 0 Å². The Morgan fingerprint density at radius 1 is 0.929 bits per heavy atom. The molecule has 42 heavy (non-hydrogen) atoms. The molecule has 3 heterocycles. The monoisotopic (exact) mass is 580 g/mol. The van der Waals surface area contributed by atoms with Gasteiger partial charge in [-0.15, -0.1) is 0 Å². The van der Waals surface area contributed by atoms with Crippen molar-refractivity contribution in [3.05, 3.63) is 82.1 Å². The first kappa shape index (κ1) is 39.9. The third-order valence-corrected chi connectivity index (χ3v) is 7.84. The molecule has 1 saturated heterocycles. The highest BCUT2D eigenvalue weighted by Crippen LogP contribution is 2.40. The summed E-state index contributed by atoms with van der Waals surface area (Å²) in [5.41, 5.74) is 15.2. The number of aryl methyl sites for hydroxylation is 1. The zero-order valence-electron chi connectivity index (χ0n) is 29.7. The first-order valence-corrected chi connectivity index (χ1v) is 17.7. The van der Waals surface area contributed by atoms with Crippen LogP contribution in [-0.2, 0) is 6.42 Å². The van der Waals surface area contributed by atoms with Crippen molar-refractivity contribution in [2.24, 2.45) is 11.7 Å². The Labute approximate surface area is 262 Å². The van der Waals surface area contributed by atoms with E-state index in [2.05, 4.69) is 79.6 Å². The summed E-state index contributed by atoms with van der Waals surface area (Å²) in [7, 11) is 0. The van der Waals surface area contributed by atoms with Gasteiger partial charge in [-0.25, -0.2) is 0 Å². The van der Waals surface area contributed by atoms with E-state index in [9.17, 15) is 0 Å². The number of nitrogens with one attached hydrogen (secondary N) is 1. The van der Waals surface area contributed by atoms with Crippen molar-refractivity contribution >= 4 is 0 Å². The quantitative estimate of drug-likeness (QED) is 0.374. The Morgan fingerprint density at radius 3 is 2.29 bits per heavy atom. The first-order valence-electron chi connectivity index (χ1n) is 17.7. The number of rotatable bonds is 3. The molecule has 1 aromatic rings. The molecule has 1 aromatic carbocycles. The minimum atomic E-state index is 0.313. The smallest absolute Gasteiger partial charge is 0.0473 e. The number of hydrogen-bond acceptors (Lipinski definition) is 3. The van der Waals surface area contributed by atoms with Crippen LogP contribution in [0, 0.1) is 5.92 Å². The molecule has 0 spiro atoms. The van der Waals surface area contributed by atoms with Crippen molar-refractivity contribution in [3.8, 4) is 0 Å². The van der Waals surface area contributed by atoms with Gasteiger partial charge in [0.05, 0.1) is 0 Å². The molecular formula is C39H69N3. The normalized spacial score (nSPS) is 22.7. The molecule has 3 aliphatic heterocycles. The van der Waals surface area contributed by atoms with Gasteiger partial charge in [-0.1, -0.05) is 130 Å². The van der Waals surface area contributed by atoms with E-state index in [1.54, 1.807) is 11.1 Å². The van der Waals surface area contributed by atoms with Crippen molar-refractivity contribution in [2.75, 3.05) is 19.6 Å². The highest BCUT2D eigenvalue weighted by molar-refractivity contribution is 5.47. The summed E-state index contributed by atoms with van der Waals surface area (Å²) in [6.07, 6.45) is 18.6. The van der Waals surface area contributed by atoms with Gasteiger partial charge in [-0.2, -0.15) is 0 Å². The molecule has 1 fully saturated rings. The van der Waals surface area contributed by atoms with Gasteiger partial charge in [0.25, 0.3) is 0 Å². The summed E-state index contributed by atoms with van der Waals surface area (Å²) in [5.74, 6) is 0.727. The van der Waals surface area contributed by atoms with Crippen LogP contribution >= 0.6 is 0 Å². The fraction of sp³-hybridized carbons (Fsp3) is 0.641. The Kier molecular flexibility index (Phi) is 23.1. The van der Waals surface area contributed by atoms with Crippen LogP contribution < -0.4 is 11.1 Å². The van der Waals surface area contributed by atoms with Crippen LogP contribution in [0.2, 0.25) is 0 Å². The molecule has 3 atom stereocenters. The van der Waals surface area contributed by atoms with E-state index in [0.29, 0.717) is 12.1 Å². The topological polar surface area (TPSA) is 41.3 Å². The van der Waals surface area contributed by atoms with Crippen LogP contribution in [-0.4, -0.2) is 30.6 Å². The number of piperidine rings is 1. The average Bonchev–Trinajstić information content (AvgIpc) is 3.38. The summed E-state index contributed by atoms with van der Waals surface area (Å²) in [6.45, 7) is 26.0. The highest BCUT2D eigenvalue weighted by atomic mass is 15.2. The number of benzene rings is 1. The molecule has 4 aliphatic rings. The fourth-order valence-electron chi connectivity index (χ4n) is 6.09. The van der Waals surface area contributed by atoms with Crippen LogP contribution in [0.15, 0.2) is 71.0 Å². The summed E-state index contributed by atoms with van der Waals surface area (Å²) < 4.78 is 0. The lowest BCUT2D eigenvalue weighted by Gasteiger charge is -2.41. The summed E-state index contributed by atoms with van der Waals surface area (Å²) >= 11 is 0. The van der Waals surface area contributed by atoms with Gasteiger partial charge >= 0.3 is 0 Å². The Balaban J connectivity index is 0.00000137. The third kappa shape index (κ3) is 12.3. The predicted molar refractivity (Wildman–Crippen MR) is 191 cm³/mol. The van der Waals surface area contributed by atoms with E-state index in [1.807, 2.05) is 55.4 Å². The van der Waals surface area contributed by atoms with Gasteiger partial charge in [0, 0.05) is 17.8 Å². The van der Waals surface area contributed by atoms with Crippen LogP contribution in [0.5, 0.6) is 0 Å². The van der Waals surface area contributed by atoms with Crippen molar-refractivity contribution in [1.29, 1.82) is 0 Å². The molecule has 240 valence electrons. The maximum Gasteiger partial charge on any atom is 0.0473 e. The van der Waals surface area contributed by atoms with Gasteiger partial charge in [0.15, 0.2) is 0 Å². The van der Waals surface area contributed by atoms with Crippen molar-refractivity contribution in [3.63, 3.8) is 0 Å². The molecule has 0 aromatic heterocycles. The Morgan fingerprint density at radius 2 is 1.60 bits per heavy atom. The highest BCUT2D eigenvalue weighted by Gasteiger charge is 2.34. The number of nitrogens with two attached hydrogens (primary N) is 1. The second-order valence-electron chi connectivity index (χ2n) is 10.6. The molecule has 1 aliphatic carbocycles. The molecule has 0 radical (unpaired) electrons. The van der Waals surface area contributed by atoms with E-state index in [1.165, 1.54) is 61.9 Å². The molecule has 3 nitrogen and oxygen atoms in total. The molecule has 5 rings (SSSR count). The lowest BCUT2D eigenvalue weighted by atomic mass is 9.80. The minimum absolute atomic E-state index is 0.313. The SMILES string of the molecule is CC.CC.CC.CC.CC1=CC=CC(C2=C(N)C(CC3CCN4CCCc5ccccc5C4C3)NCC2)=CC1.CCC. The van der Waals surface area contributed by atoms with Crippen LogP contribution in [0.1, 0.15) is 138 Å². The Hall–Kier alpha value is -2.10. The van der Waals surface area contributed by atoms with E-state index in [4.69, 9.17) is 5.73 Å². The largest absolute Gasteiger partial charge is 0.401 e. The molecule has 3 N–H and O–H groups in total. The molecule has 0 amide bonds. The number of allylic oxidation sites excluding steroid dienone is 6. The first-order chi connectivity index (χ1) is 20.6. The third-order valence-electron chi connectivity index (χ3n) is 7.84. The molecule has 0 saturated carbocycles. The lowest BCUT2D eigenvalue weighted by molar-refractivity contribution is 0.107. The van der Waals surface area contributed by atoms with Gasteiger partial charge < -0.3 is 11.1 Å². The maximum atomic E-state index is 6.81. The van der Waals surface area contributed by atoms with Crippen molar-refractivity contribution in [1.82, 2.24) is 10.2 Å². The van der Waals surface area contributed by atoms with Crippen molar-refractivity contribution in [2.45, 2.75) is 140 Å². The Bertz CT molecular complexity index is 952. The summed E-state index contributed by atoms with van der Waals surface area (Å²) in [4.78, 5) is 2.75. The number of fused-ring (bicyclic) bond motifs is 3. The molecule has 3 heteroatoms. The maximum absolute atomic E-state index is 6.81. The lowest BCUT2D eigenvalue weighted by Crippen LogP contribution is -2.43. The number of nitrogens with zero attached hydrogens (tertiary/aromatic N) is 1. The van der Waals surface area contributed by atoms with Gasteiger partial charge in [-0.05, 0) is 99.7 Å². The van der Waals surface area contributed by atoms with Gasteiger partial charge in [-0.3, -0.25) is 4.90 Å². The summed E-state index contributed by atoms with van der Waals surface area (Å²) in [5, 5.41) is 3.75. The fourth-order valence-corrected chi connectivity index (χ4v) is 6.09. The summed E-state index contributed by atoms with van der Waals surface area (Å²) in [6, 6.07) is 10.1. The van der Waals surface area contributed by atoms with Crippen LogP contribution in [0.25, 0.3) is 0 Å². The standard InChI is InChI=1S/C28H37N3.C3H8.4C2H6/c1-20-6-4-8-23(12-11-20)25-13-15-30-26(28(25)29)18-21-14-17-31-16-5-9-22-7-2-3-10-24(22)27(31)19-21;1-3-2;4*1-2/h2-4,6-8,10,12,21,26-27,30H,5,9,11,13-19,29H2,1H3;3H2,1-2H3;4*1-2H3. The molecule has 3 unspecified atom stereocenters. The second-order valence-corrected chi connectivity index (χ2v) is 10.6. The molecule has 0 bridgehead atoms. The van der Waals surface area contributed by atoms with Crippen LogP contribution in [0.4, 0.5) is 0 Å². The van der Waals surface area contributed by atoms with E-state index in [0.717, 1.165) is 37.4 Å². The van der Waals surface area contributed by atoms with E-state index in [-0.39, 0.29) is 0 Å². The zero-order valence-corrected chi connectivity index (χ0v) is 29.7. The van der Waals surface area contributed by atoms with Gasteiger partial charge in [0.1, 0.15) is 0 Å². The average molecular weight is 580 g/mol. The van der Waals surface area contributed by atoms with E-state index < -0.39 is 0 Å². The second kappa shape index (κ2) is 24.4. The zero-order chi connectivity index (χ0) is 31.9. The minimum Gasteiger partial charge on any atom is -0.401 e. The molecular weight excluding hydrogens is 510 g/mol. The van der Waals surface area contributed by atoms with Crippen molar-refractivity contribution < 1.29 is 0 Å². The van der Waals surface area contributed by atoms with E-state index >= 15 is 0 Å². The number of hydrogen-bond donors (Lipinski definition) is 2. The van der Waals surface area contributed by atoms with Crippen LogP contribution in [0.3, 0.4) is 0 Å².